The predicted molar refractivity (Wildman–Crippen MR) is 76.1 cm³/mol. The fourth-order valence-corrected chi connectivity index (χ4v) is 2.82. The Morgan fingerprint density at radius 2 is 1.95 bits per heavy atom. The van der Waals surface area contributed by atoms with Crippen LogP contribution in [0.5, 0.6) is 0 Å². The minimum absolute atomic E-state index is 0.175. The lowest BCUT2D eigenvalue weighted by Crippen LogP contribution is -2.33. The van der Waals surface area contributed by atoms with Crippen molar-refractivity contribution >= 4 is 0 Å². The van der Waals surface area contributed by atoms with E-state index in [-0.39, 0.29) is 6.04 Å². The molecule has 1 N–H and O–H groups in total. The molecule has 2 atom stereocenters. The van der Waals surface area contributed by atoms with E-state index in [4.69, 9.17) is 4.52 Å². The highest BCUT2D eigenvalue weighted by molar-refractivity contribution is 5.55. The summed E-state index contributed by atoms with van der Waals surface area (Å²) >= 11 is 0. The lowest BCUT2D eigenvalue weighted by Gasteiger charge is -2.26. The number of pyridine rings is 1. The Labute approximate surface area is 118 Å². The third-order valence-corrected chi connectivity index (χ3v) is 3.82. The molecule has 3 rings (SSSR count). The van der Waals surface area contributed by atoms with Gasteiger partial charge in [0.2, 0.25) is 11.7 Å². The molecule has 106 valence electrons. The standard InChI is InChI=1S/C15H20N4O/c1-9-5-4-6-16-13(9)15-18-14(19-20-15)12-7-10(2)17-11(3)8-12/h7-9,13,16H,4-6H2,1-3H3. The molecule has 2 aromatic heterocycles. The fourth-order valence-electron chi connectivity index (χ4n) is 2.82. The first-order valence-electron chi connectivity index (χ1n) is 7.16. The quantitative estimate of drug-likeness (QED) is 0.910. The Morgan fingerprint density at radius 3 is 2.65 bits per heavy atom. The van der Waals surface area contributed by atoms with Crippen LogP contribution >= 0.6 is 0 Å². The van der Waals surface area contributed by atoms with E-state index in [9.17, 15) is 0 Å². The molecule has 1 aliphatic rings. The SMILES string of the molecule is Cc1cc(-c2noc(C3NCCCC3C)n2)cc(C)n1. The van der Waals surface area contributed by atoms with Crippen molar-refractivity contribution in [3.8, 4) is 11.4 Å². The highest BCUT2D eigenvalue weighted by Gasteiger charge is 2.27. The number of piperidine rings is 1. The van der Waals surface area contributed by atoms with Crippen LogP contribution < -0.4 is 5.32 Å². The van der Waals surface area contributed by atoms with E-state index in [0.29, 0.717) is 17.6 Å². The molecule has 0 aromatic carbocycles. The van der Waals surface area contributed by atoms with Crippen LogP contribution in [0.25, 0.3) is 11.4 Å². The summed E-state index contributed by atoms with van der Waals surface area (Å²) in [4.78, 5) is 8.94. The van der Waals surface area contributed by atoms with Crippen LogP contribution in [0.15, 0.2) is 16.7 Å². The molecule has 1 aliphatic heterocycles. The Hall–Kier alpha value is -1.75. The predicted octanol–water partition coefficient (Wildman–Crippen LogP) is 2.81. The number of aryl methyl sites for hydroxylation is 2. The van der Waals surface area contributed by atoms with Gasteiger partial charge in [-0.15, -0.1) is 0 Å². The first-order valence-corrected chi connectivity index (χ1v) is 7.16. The maximum absolute atomic E-state index is 5.46. The topological polar surface area (TPSA) is 63.8 Å². The van der Waals surface area contributed by atoms with Crippen LogP contribution in [-0.2, 0) is 0 Å². The van der Waals surface area contributed by atoms with Gasteiger partial charge in [-0.25, -0.2) is 0 Å². The maximum atomic E-state index is 5.46. The van der Waals surface area contributed by atoms with Gasteiger partial charge in [0.15, 0.2) is 0 Å². The van der Waals surface area contributed by atoms with Crippen LogP contribution in [0.2, 0.25) is 0 Å². The van der Waals surface area contributed by atoms with Crippen molar-refractivity contribution in [3.05, 3.63) is 29.4 Å². The summed E-state index contributed by atoms with van der Waals surface area (Å²) in [7, 11) is 0. The van der Waals surface area contributed by atoms with E-state index in [1.807, 2.05) is 26.0 Å². The van der Waals surface area contributed by atoms with E-state index in [2.05, 4.69) is 27.4 Å². The zero-order chi connectivity index (χ0) is 14.1. The highest BCUT2D eigenvalue weighted by Crippen LogP contribution is 2.29. The van der Waals surface area contributed by atoms with Crippen molar-refractivity contribution < 1.29 is 4.52 Å². The Balaban J connectivity index is 1.89. The molecule has 0 aliphatic carbocycles. The lowest BCUT2D eigenvalue weighted by atomic mass is 9.93. The van der Waals surface area contributed by atoms with Gasteiger partial charge in [0.25, 0.3) is 0 Å². The number of hydrogen-bond acceptors (Lipinski definition) is 5. The largest absolute Gasteiger partial charge is 0.337 e. The van der Waals surface area contributed by atoms with Gasteiger partial charge < -0.3 is 9.84 Å². The van der Waals surface area contributed by atoms with Crippen molar-refractivity contribution in [2.75, 3.05) is 6.54 Å². The Morgan fingerprint density at radius 1 is 1.20 bits per heavy atom. The van der Waals surface area contributed by atoms with Gasteiger partial charge in [-0.2, -0.15) is 4.98 Å². The van der Waals surface area contributed by atoms with E-state index in [1.54, 1.807) is 0 Å². The molecular formula is C15H20N4O. The van der Waals surface area contributed by atoms with E-state index in [1.165, 1.54) is 12.8 Å². The summed E-state index contributed by atoms with van der Waals surface area (Å²) in [6, 6.07) is 4.15. The summed E-state index contributed by atoms with van der Waals surface area (Å²) in [5.41, 5.74) is 2.90. The maximum Gasteiger partial charge on any atom is 0.244 e. The van der Waals surface area contributed by atoms with E-state index >= 15 is 0 Å². The highest BCUT2D eigenvalue weighted by atomic mass is 16.5. The average Bonchev–Trinajstić information content (AvgIpc) is 2.87. The summed E-state index contributed by atoms with van der Waals surface area (Å²) in [5.74, 6) is 1.87. The molecule has 5 heteroatoms. The molecule has 0 bridgehead atoms. The van der Waals surface area contributed by atoms with Gasteiger partial charge in [-0.3, -0.25) is 4.98 Å². The summed E-state index contributed by atoms with van der Waals surface area (Å²) in [6.07, 6.45) is 2.41. The van der Waals surface area contributed by atoms with Crippen LogP contribution in [-0.4, -0.2) is 21.7 Å². The molecule has 0 saturated carbocycles. The molecule has 0 amide bonds. The molecule has 20 heavy (non-hydrogen) atoms. The van der Waals surface area contributed by atoms with Gasteiger partial charge in [-0.1, -0.05) is 12.1 Å². The van der Waals surface area contributed by atoms with Crippen molar-refractivity contribution in [3.63, 3.8) is 0 Å². The van der Waals surface area contributed by atoms with Gasteiger partial charge in [0, 0.05) is 17.0 Å². The number of rotatable bonds is 2. The minimum Gasteiger partial charge on any atom is -0.337 e. The molecular weight excluding hydrogens is 252 g/mol. The van der Waals surface area contributed by atoms with Gasteiger partial charge in [0.1, 0.15) is 0 Å². The molecule has 0 radical (unpaired) electrons. The zero-order valence-electron chi connectivity index (χ0n) is 12.2. The second kappa shape index (κ2) is 5.32. The van der Waals surface area contributed by atoms with Gasteiger partial charge in [0.05, 0.1) is 6.04 Å². The molecule has 2 unspecified atom stereocenters. The van der Waals surface area contributed by atoms with E-state index in [0.717, 1.165) is 23.5 Å². The fraction of sp³-hybridized carbons (Fsp3) is 0.533. The lowest BCUT2D eigenvalue weighted by molar-refractivity contribution is 0.239. The molecule has 0 spiro atoms. The molecule has 2 aromatic rings. The van der Waals surface area contributed by atoms with Gasteiger partial charge in [-0.05, 0) is 51.3 Å². The second-order valence-corrected chi connectivity index (χ2v) is 5.65. The van der Waals surface area contributed by atoms with E-state index < -0.39 is 0 Å². The van der Waals surface area contributed by atoms with Gasteiger partial charge >= 0.3 is 0 Å². The van der Waals surface area contributed by atoms with Crippen molar-refractivity contribution in [1.29, 1.82) is 0 Å². The third kappa shape index (κ3) is 2.58. The monoisotopic (exact) mass is 272 g/mol. The number of hydrogen-bond donors (Lipinski definition) is 1. The first-order chi connectivity index (χ1) is 9.63. The summed E-state index contributed by atoms with van der Waals surface area (Å²) in [6.45, 7) is 7.19. The molecule has 5 nitrogen and oxygen atoms in total. The smallest absolute Gasteiger partial charge is 0.244 e. The van der Waals surface area contributed by atoms with Crippen LogP contribution in [0, 0.1) is 19.8 Å². The number of aromatic nitrogens is 3. The second-order valence-electron chi connectivity index (χ2n) is 5.65. The van der Waals surface area contributed by atoms with Crippen molar-refractivity contribution in [2.24, 2.45) is 5.92 Å². The number of nitrogens with zero attached hydrogens (tertiary/aromatic N) is 3. The first kappa shape index (κ1) is 13.2. The summed E-state index contributed by atoms with van der Waals surface area (Å²) in [5, 5.41) is 7.59. The Bertz CT molecular complexity index is 587. The van der Waals surface area contributed by atoms with Crippen molar-refractivity contribution in [2.45, 2.75) is 39.7 Å². The Kier molecular flexibility index (Phi) is 3.53. The summed E-state index contributed by atoms with van der Waals surface area (Å²) < 4.78 is 5.46. The number of nitrogens with one attached hydrogen (secondary N) is 1. The molecule has 1 saturated heterocycles. The third-order valence-electron chi connectivity index (χ3n) is 3.82. The minimum atomic E-state index is 0.175. The average molecular weight is 272 g/mol. The van der Waals surface area contributed by atoms with Crippen LogP contribution in [0.3, 0.4) is 0 Å². The molecule has 3 heterocycles. The van der Waals surface area contributed by atoms with Crippen LogP contribution in [0.4, 0.5) is 0 Å². The van der Waals surface area contributed by atoms with Crippen LogP contribution in [0.1, 0.15) is 43.1 Å². The van der Waals surface area contributed by atoms with Crippen molar-refractivity contribution in [1.82, 2.24) is 20.4 Å². The normalized spacial score (nSPS) is 22.9. The molecule has 1 fully saturated rings. The zero-order valence-corrected chi connectivity index (χ0v) is 12.2.